The molecular weight excluding hydrogens is 264 g/mol. The molecule has 9 heteroatoms. The van der Waals surface area contributed by atoms with E-state index < -0.39 is 15.9 Å². The van der Waals surface area contributed by atoms with Crippen molar-refractivity contribution in [3.63, 3.8) is 0 Å². The van der Waals surface area contributed by atoms with Gasteiger partial charge in [0.2, 0.25) is 0 Å². The van der Waals surface area contributed by atoms with Crippen molar-refractivity contribution in [1.29, 1.82) is 0 Å². The fourth-order valence-electron chi connectivity index (χ4n) is 1.15. The summed E-state index contributed by atoms with van der Waals surface area (Å²) in [5.41, 5.74) is 5.25. The molecular formula is C8H8N4O3S2. The molecule has 2 rings (SSSR count). The molecule has 0 aliphatic heterocycles. The number of H-pyrrole nitrogens is 1. The van der Waals surface area contributed by atoms with E-state index in [0.717, 1.165) is 11.3 Å². The summed E-state index contributed by atoms with van der Waals surface area (Å²) in [5.74, 6) is -0.687. The van der Waals surface area contributed by atoms with E-state index in [2.05, 4.69) is 14.9 Å². The van der Waals surface area contributed by atoms with Crippen molar-refractivity contribution in [3.05, 3.63) is 29.3 Å². The molecule has 0 fully saturated rings. The first-order valence-corrected chi connectivity index (χ1v) is 6.76. The van der Waals surface area contributed by atoms with Crippen molar-refractivity contribution >= 4 is 32.3 Å². The van der Waals surface area contributed by atoms with Crippen molar-refractivity contribution in [2.45, 2.75) is 5.03 Å². The maximum atomic E-state index is 11.8. The van der Waals surface area contributed by atoms with Gasteiger partial charge >= 0.3 is 0 Å². The molecule has 4 N–H and O–H groups in total. The number of sulfonamides is 1. The summed E-state index contributed by atoms with van der Waals surface area (Å²) in [4.78, 5) is 11.0. The van der Waals surface area contributed by atoms with E-state index in [1.807, 2.05) is 0 Å². The lowest BCUT2D eigenvalue weighted by Gasteiger charge is -2.04. The van der Waals surface area contributed by atoms with Crippen LogP contribution >= 0.6 is 11.3 Å². The van der Waals surface area contributed by atoms with Crippen molar-refractivity contribution in [1.82, 2.24) is 10.2 Å². The average molecular weight is 272 g/mol. The van der Waals surface area contributed by atoms with E-state index in [1.54, 1.807) is 5.38 Å². The Morgan fingerprint density at radius 2 is 2.24 bits per heavy atom. The fourth-order valence-corrected chi connectivity index (χ4v) is 3.19. The number of nitrogens with zero attached hydrogens (tertiary/aromatic N) is 1. The average Bonchev–Trinajstić information content (AvgIpc) is 2.85. The Bertz CT molecular complexity index is 630. The normalized spacial score (nSPS) is 11.3. The van der Waals surface area contributed by atoms with Crippen molar-refractivity contribution in [2.24, 2.45) is 5.73 Å². The molecule has 1 amide bonds. The summed E-state index contributed by atoms with van der Waals surface area (Å²) in [6, 6.07) is 2.76. The summed E-state index contributed by atoms with van der Waals surface area (Å²) in [6.07, 6.45) is 1.32. The zero-order valence-electron chi connectivity index (χ0n) is 8.38. The lowest BCUT2D eigenvalue weighted by Crippen LogP contribution is -2.17. The van der Waals surface area contributed by atoms with Crippen LogP contribution in [0.15, 0.2) is 28.7 Å². The molecule has 2 aromatic heterocycles. The molecule has 0 bridgehead atoms. The van der Waals surface area contributed by atoms with Crippen LogP contribution in [0.4, 0.5) is 5.00 Å². The molecule has 0 unspecified atom stereocenters. The van der Waals surface area contributed by atoms with E-state index >= 15 is 0 Å². The molecule has 17 heavy (non-hydrogen) atoms. The molecule has 90 valence electrons. The summed E-state index contributed by atoms with van der Waals surface area (Å²) >= 11 is 1.08. The van der Waals surface area contributed by atoms with Gasteiger partial charge < -0.3 is 5.73 Å². The van der Waals surface area contributed by atoms with Crippen LogP contribution in [0, 0.1) is 0 Å². The second-order valence-electron chi connectivity index (χ2n) is 3.05. The zero-order valence-corrected chi connectivity index (χ0v) is 10.0. The fraction of sp³-hybridized carbons (Fsp3) is 0. The zero-order chi connectivity index (χ0) is 12.5. The van der Waals surface area contributed by atoms with E-state index in [9.17, 15) is 13.2 Å². The highest BCUT2D eigenvalue weighted by atomic mass is 32.2. The molecule has 2 aromatic rings. The predicted molar refractivity (Wildman–Crippen MR) is 62.2 cm³/mol. The van der Waals surface area contributed by atoms with Gasteiger partial charge in [-0.25, -0.2) is 0 Å². The largest absolute Gasteiger partial charge is 0.366 e. The smallest absolute Gasteiger partial charge is 0.279 e. The van der Waals surface area contributed by atoms with Gasteiger partial charge in [0.25, 0.3) is 15.9 Å². The summed E-state index contributed by atoms with van der Waals surface area (Å²) in [6.45, 7) is 0. The highest BCUT2D eigenvalue weighted by molar-refractivity contribution is 7.92. The SMILES string of the molecule is NC(=O)c1ccsc1NS(=O)(=O)c1ccn[nH]1. The van der Waals surface area contributed by atoms with Crippen LogP contribution in [-0.2, 0) is 10.0 Å². The Morgan fingerprint density at radius 1 is 1.47 bits per heavy atom. The van der Waals surface area contributed by atoms with Gasteiger partial charge in [-0.15, -0.1) is 11.3 Å². The number of rotatable bonds is 4. The number of nitrogens with one attached hydrogen (secondary N) is 2. The number of primary amides is 1. The number of hydrogen-bond acceptors (Lipinski definition) is 5. The number of carbonyl (C=O) groups excluding carboxylic acids is 1. The molecule has 0 aromatic carbocycles. The minimum absolute atomic E-state index is 0.0821. The summed E-state index contributed by atoms with van der Waals surface area (Å²) in [7, 11) is -3.76. The number of aromatic nitrogens is 2. The Balaban J connectivity index is 2.33. The maximum absolute atomic E-state index is 11.8. The lowest BCUT2D eigenvalue weighted by atomic mass is 10.3. The first-order chi connectivity index (χ1) is 8.00. The highest BCUT2D eigenvalue weighted by Gasteiger charge is 2.19. The van der Waals surface area contributed by atoms with Crippen molar-refractivity contribution in [3.8, 4) is 0 Å². The molecule has 0 aliphatic rings. The van der Waals surface area contributed by atoms with E-state index in [0.29, 0.717) is 0 Å². The molecule has 2 heterocycles. The third kappa shape index (κ3) is 2.29. The van der Waals surface area contributed by atoms with Gasteiger partial charge in [0.05, 0.1) is 11.8 Å². The topological polar surface area (TPSA) is 118 Å². The number of carbonyl (C=O) groups is 1. The monoisotopic (exact) mass is 272 g/mol. The van der Waals surface area contributed by atoms with E-state index in [-0.39, 0.29) is 15.6 Å². The quantitative estimate of drug-likeness (QED) is 0.745. The van der Waals surface area contributed by atoms with Gasteiger partial charge in [-0.1, -0.05) is 0 Å². The van der Waals surface area contributed by atoms with Crippen molar-refractivity contribution in [2.75, 3.05) is 4.72 Å². The summed E-state index contributed by atoms with van der Waals surface area (Å²) < 4.78 is 25.9. The predicted octanol–water partition coefficient (Wildman–Crippen LogP) is 0.371. The number of anilines is 1. The van der Waals surface area contributed by atoms with Crippen LogP contribution in [0.1, 0.15) is 10.4 Å². The lowest BCUT2D eigenvalue weighted by molar-refractivity contribution is 0.100. The minimum atomic E-state index is -3.76. The summed E-state index contributed by atoms with van der Waals surface area (Å²) in [5, 5.41) is 7.55. The van der Waals surface area contributed by atoms with Gasteiger partial charge in [0.15, 0.2) is 5.03 Å². The molecule has 0 aliphatic carbocycles. The molecule has 0 radical (unpaired) electrons. The number of nitrogens with two attached hydrogens (primary N) is 1. The van der Waals surface area contributed by atoms with Crippen LogP contribution in [-0.4, -0.2) is 24.5 Å². The third-order valence-electron chi connectivity index (χ3n) is 1.92. The Labute approximate surface area is 101 Å². The van der Waals surface area contributed by atoms with Crippen LogP contribution in [0.5, 0.6) is 0 Å². The maximum Gasteiger partial charge on any atom is 0.279 e. The second kappa shape index (κ2) is 4.18. The standard InChI is InChI=1S/C8H8N4O3S2/c9-7(13)5-2-4-16-8(5)12-17(14,15)6-1-3-10-11-6/h1-4,12H,(H2,9,13)(H,10,11). The van der Waals surface area contributed by atoms with Crippen molar-refractivity contribution < 1.29 is 13.2 Å². The van der Waals surface area contributed by atoms with Crippen LogP contribution in [0.25, 0.3) is 0 Å². The van der Waals surface area contributed by atoms with Crippen LogP contribution in [0.3, 0.4) is 0 Å². The number of aromatic amines is 1. The van der Waals surface area contributed by atoms with Gasteiger partial charge in [-0.05, 0) is 17.5 Å². The first-order valence-electron chi connectivity index (χ1n) is 4.40. The van der Waals surface area contributed by atoms with Crippen LogP contribution < -0.4 is 10.5 Å². The Morgan fingerprint density at radius 3 is 2.82 bits per heavy atom. The van der Waals surface area contributed by atoms with E-state index in [1.165, 1.54) is 18.3 Å². The first kappa shape index (κ1) is 11.6. The second-order valence-corrected chi connectivity index (χ2v) is 5.62. The molecule has 7 nitrogen and oxygen atoms in total. The molecule has 0 atom stereocenters. The van der Waals surface area contributed by atoms with Gasteiger partial charge in [-0.2, -0.15) is 13.5 Å². The minimum Gasteiger partial charge on any atom is -0.366 e. The highest BCUT2D eigenvalue weighted by Crippen LogP contribution is 2.25. The Hall–Kier alpha value is -1.87. The number of hydrogen-bond donors (Lipinski definition) is 3. The van der Waals surface area contributed by atoms with Gasteiger partial charge in [-0.3, -0.25) is 14.6 Å². The van der Waals surface area contributed by atoms with E-state index in [4.69, 9.17) is 5.73 Å². The van der Waals surface area contributed by atoms with Crippen LogP contribution in [0.2, 0.25) is 0 Å². The van der Waals surface area contributed by atoms with Gasteiger partial charge in [0, 0.05) is 0 Å². The van der Waals surface area contributed by atoms with Gasteiger partial charge in [0.1, 0.15) is 5.00 Å². The third-order valence-corrected chi connectivity index (χ3v) is 4.16. The number of amides is 1. The Kier molecular flexibility index (Phi) is 2.86. The molecule has 0 saturated heterocycles. The molecule has 0 spiro atoms. The molecule has 0 saturated carbocycles. The number of thiophene rings is 1.